The van der Waals surface area contributed by atoms with Crippen molar-refractivity contribution >= 4 is 11.8 Å². The van der Waals surface area contributed by atoms with E-state index in [0.29, 0.717) is 13.0 Å². The predicted octanol–water partition coefficient (Wildman–Crippen LogP) is 3.06. The Hall–Kier alpha value is -2.14. The number of nitrogens with zero attached hydrogens (tertiary/aromatic N) is 1. The third-order valence-electron chi connectivity index (χ3n) is 5.92. The van der Waals surface area contributed by atoms with Crippen LogP contribution in [0, 0.1) is 5.41 Å². The Bertz CT molecular complexity index is 712. The average molecular weight is 370 g/mol. The summed E-state index contributed by atoms with van der Waals surface area (Å²) < 4.78 is 5.07. The maximum absolute atomic E-state index is 13.4. The lowest BCUT2D eigenvalue weighted by Crippen LogP contribution is -2.50. The standard InChI is InChI=1S/C22H30N2O3/c1-16(2)11-12-22(21(26)23-14-17-7-5-4-6-8-17)13-18-9-10-19(22)24(18)20(25)15-27-3/h4-8,11,18-19H,9-10,12-15H2,1-3H3,(H,23,26)/t18-,19+,22+/m0/s1. The van der Waals surface area contributed by atoms with Crippen molar-refractivity contribution in [3.8, 4) is 0 Å². The summed E-state index contributed by atoms with van der Waals surface area (Å²) in [6.07, 6.45) is 5.41. The summed E-state index contributed by atoms with van der Waals surface area (Å²) in [6.45, 7) is 4.70. The number of hydrogen-bond donors (Lipinski definition) is 1. The molecule has 0 radical (unpaired) electrons. The normalized spacial score (nSPS) is 26.1. The number of benzene rings is 1. The molecule has 0 saturated carbocycles. The molecule has 2 heterocycles. The van der Waals surface area contributed by atoms with Gasteiger partial charge in [0.15, 0.2) is 0 Å². The van der Waals surface area contributed by atoms with E-state index in [1.165, 1.54) is 5.57 Å². The molecule has 2 fully saturated rings. The molecule has 2 saturated heterocycles. The fourth-order valence-corrected chi connectivity index (χ4v) is 4.65. The van der Waals surface area contributed by atoms with Crippen molar-refractivity contribution in [1.82, 2.24) is 10.2 Å². The quantitative estimate of drug-likeness (QED) is 0.751. The summed E-state index contributed by atoms with van der Waals surface area (Å²) in [6, 6.07) is 10.0. The number of allylic oxidation sites excluding steroid dienone is 2. The van der Waals surface area contributed by atoms with E-state index >= 15 is 0 Å². The molecule has 2 amide bonds. The number of carbonyl (C=O) groups is 2. The van der Waals surface area contributed by atoms with Gasteiger partial charge in [0.2, 0.25) is 11.8 Å². The van der Waals surface area contributed by atoms with Gasteiger partial charge in [0, 0.05) is 25.7 Å². The zero-order valence-electron chi connectivity index (χ0n) is 16.5. The molecule has 0 aromatic heterocycles. The molecule has 2 bridgehead atoms. The Morgan fingerprint density at radius 3 is 2.67 bits per heavy atom. The lowest BCUT2D eigenvalue weighted by Gasteiger charge is -2.35. The van der Waals surface area contributed by atoms with Crippen molar-refractivity contribution in [3.63, 3.8) is 0 Å². The molecular weight excluding hydrogens is 340 g/mol. The lowest BCUT2D eigenvalue weighted by atomic mass is 9.70. The van der Waals surface area contributed by atoms with Gasteiger partial charge in [-0.25, -0.2) is 0 Å². The maximum atomic E-state index is 13.4. The lowest BCUT2D eigenvalue weighted by molar-refractivity contribution is -0.139. The van der Waals surface area contributed by atoms with Crippen LogP contribution in [0.25, 0.3) is 0 Å². The van der Waals surface area contributed by atoms with Crippen LogP contribution in [0.4, 0.5) is 0 Å². The number of fused-ring (bicyclic) bond motifs is 2. The summed E-state index contributed by atoms with van der Waals surface area (Å²) >= 11 is 0. The van der Waals surface area contributed by atoms with Crippen LogP contribution in [0.2, 0.25) is 0 Å². The Labute approximate surface area is 161 Å². The third kappa shape index (κ3) is 3.93. The van der Waals surface area contributed by atoms with Gasteiger partial charge in [-0.2, -0.15) is 0 Å². The van der Waals surface area contributed by atoms with Gasteiger partial charge in [-0.1, -0.05) is 42.0 Å². The number of carbonyl (C=O) groups excluding carboxylic acids is 2. The van der Waals surface area contributed by atoms with Crippen LogP contribution in [0.1, 0.15) is 45.1 Å². The van der Waals surface area contributed by atoms with E-state index in [0.717, 1.165) is 24.8 Å². The molecule has 1 aromatic carbocycles. The van der Waals surface area contributed by atoms with Crippen LogP contribution in [0.3, 0.4) is 0 Å². The fraction of sp³-hybridized carbons (Fsp3) is 0.545. The van der Waals surface area contributed by atoms with Crippen LogP contribution in [-0.2, 0) is 20.9 Å². The molecule has 0 aliphatic carbocycles. The molecular formula is C22H30N2O3. The van der Waals surface area contributed by atoms with E-state index in [-0.39, 0.29) is 30.5 Å². The number of rotatable bonds is 7. The molecule has 1 N–H and O–H groups in total. The van der Waals surface area contributed by atoms with Gasteiger partial charge in [0.05, 0.1) is 5.41 Å². The van der Waals surface area contributed by atoms with Crippen molar-refractivity contribution in [2.45, 2.75) is 58.2 Å². The Morgan fingerprint density at radius 2 is 2.00 bits per heavy atom. The summed E-state index contributed by atoms with van der Waals surface area (Å²) in [4.78, 5) is 27.9. The van der Waals surface area contributed by atoms with E-state index in [1.807, 2.05) is 35.2 Å². The van der Waals surface area contributed by atoms with E-state index in [1.54, 1.807) is 7.11 Å². The van der Waals surface area contributed by atoms with Crippen LogP contribution in [-0.4, -0.2) is 42.5 Å². The highest BCUT2D eigenvalue weighted by molar-refractivity contribution is 5.87. The third-order valence-corrected chi connectivity index (χ3v) is 5.92. The highest BCUT2D eigenvalue weighted by Crippen LogP contribution is 2.52. The van der Waals surface area contributed by atoms with Gasteiger partial charge in [-0.3, -0.25) is 9.59 Å². The molecule has 2 aliphatic heterocycles. The Morgan fingerprint density at radius 1 is 1.26 bits per heavy atom. The summed E-state index contributed by atoms with van der Waals surface area (Å²) in [7, 11) is 1.54. The number of amides is 2. The molecule has 0 unspecified atom stereocenters. The average Bonchev–Trinajstić information content (AvgIpc) is 3.22. The van der Waals surface area contributed by atoms with Crippen molar-refractivity contribution < 1.29 is 14.3 Å². The van der Waals surface area contributed by atoms with Gasteiger partial charge in [0.1, 0.15) is 6.61 Å². The van der Waals surface area contributed by atoms with Crippen molar-refractivity contribution in [2.75, 3.05) is 13.7 Å². The molecule has 0 spiro atoms. The van der Waals surface area contributed by atoms with Gasteiger partial charge in [-0.15, -0.1) is 0 Å². The minimum atomic E-state index is -0.543. The highest BCUT2D eigenvalue weighted by atomic mass is 16.5. The van der Waals surface area contributed by atoms with Crippen LogP contribution in [0.15, 0.2) is 42.0 Å². The molecule has 2 aliphatic rings. The minimum absolute atomic E-state index is 0.0000608. The molecule has 1 aromatic rings. The second-order valence-corrected chi connectivity index (χ2v) is 8.00. The van der Waals surface area contributed by atoms with E-state index < -0.39 is 5.41 Å². The first kappa shape index (κ1) is 19.6. The number of methoxy groups -OCH3 is 1. The largest absolute Gasteiger partial charge is 0.375 e. The molecule has 5 nitrogen and oxygen atoms in total. The number of ether oxygens (including phenoxy) is 1. The smallest absolute Gasteiger partial charge is 0.249 e. The van der Waals surface area contributed by atoms with Gasteiger partial charge < -0.3 is 15.0 Å². The summed E-state index contributed by atoms with van der Waals surface area (Å²) in [5, 5.41) is 3.14. The van der Waals surface area contributed by atoms with Crippen LogP contribution < -0.4 is 5.32 Å². The number of nitrogens with one attached hydrogen (secondary N) is 1. The molecule has 27 heavy (non-hydrogen) atoms. The first-order valence-corrected chi connectivity index (χ1v) is 9.73. The maximum Gasteiger partial charge on any atom is 0.249 e. The van der Waals surface area contributed by atoms with E-state index in [9.17, 15) is 9.59 Å². The summed E-state index contributed by atoms with van der Waals surface area (Å²) in [5.74, 6) is 0.0613. The van der Waals surface area contributed by atoms with Crippen LogP contribution >= 0.6 is 0 Å². The first-order chi connectivity index (χ1) is 13.0. The Balaban J connectivity index is 1.81. The van der Waals surface area contributed by atoms with Gasteiger partial charge >= 0.3 is 0 Å². The Kier molecular flexibility index (Phi) is 6.00. The SMILES string of the molecule is COCC(=O)N1[C@H]2CC[C@@H]1[C@](CC=C(C)C)(C(=O)NCc1ccccc1)C2. The van der Waals surface area contributed by atoms with Crippen LogP contribution in [0.5, 0.6) is 0 Å². The topological polar surface area (TPSA) is 58.6 Å². The fourth-order valence-electron chi connectivity index (χ4n) is 4.65. The van der Waals surface area contributed by atoms with E-state index in [4.69, 9.17) is 4.74 Å². The summed E-state index contributed by atoms with van der Waals surface area (Å²) in [5.41, 5.74) is 1.74. The molecule has 3 rings (SSSR count). The highest BCUT2D eigenvalue weighted by Gasteiger charge is 2.60. The van der Waals surface area contributed by atoms with Crippen molar-refractivity contribution in [1.29, 1.82) is 0 Å². The monoisotopic (exact) mass is 370 g/mol. The van der Waals surface area contributed by atoms with Gasteiger partial charge in [-0.05, 0) is 45.1 Å². The second-order valence-electron chi connectivity index (χ2n) is 8.00. The minimum Gasteiger partial charge on any atom is -0.375 e. The van der Waals surface area contributed by atoms with Gasteiger partial charge in [0.25, 0.3) is 0 Å². The van der Waals surface area contributed by atoms with Crippen molar-refractivity contribution in [2.24, 2.45) is 5.41 Å². The zero-order chi connectivity index (χ0) is 19.4. The van der Waals surface area contributed by atoms with E-state index in [2.05, 4.69) is 25.2 Å². The second kappa shape index (κ2) is 8.26. The molecule has 5 heteroatoms. The molecule has 3 atom stereocenters. The number of hydrogen-bond acceptors (Lipinski definition) is 3. The van der Waals surface area contributed by atoms with Crippen molar-refractivity contribution in [3.05, 3.63) is 47.5 Å². The predicted molar refractivity (Wildman–Crippen MR) is 105 cm³/mol. The zero-order valence-corrected chi connectivity index (χ0v) is 16.5. The first-order valence-electron chi connectivity index (χ1n) is 9.73. The molecule has 146 valence electrons.